The van der Waals surface area contributed by atoms with Gasteiger partial charge in [-0.1, -0.05) is 18.3 Å². The fraction of sp³-hybridized carbons (Fsp3) is 0.417. The zero-order valence-electron chi connectivity index (χ0n) is 21.2. The third-order valence-electron chi connectivity index (χ3n) is 5.56. The van der Waals surface area contributed by atoms with Crippen LogP contribution in [0.3, 0.4) is 0 Å². The molecule has 3 aromatic rings. The molecule has 0 bridgehead atoms. The number of hydrogen-bond donors (Lipinski definition) is 0. The number of sulfonamides is 1. The third kappa shape index (κ3) is 6.92. The summed E-state index contributed by atoms with van der Waals surface area (Å²) in [4.78, 5) is 18.0. The fourth-order valence-corrected chi connectivity index (χ4v) is 6.84. The molecule has 0 spiro atoms. The number of hydrogen-bond acceptors (Lipinski definition) is 8. The molecule has 0 fully saturated rings. The van der Waals surface area contributed by atoms with Gasteiger partial charge in [0, 0.05) is 45.7 Å². The molecule has 1 aromatic heterocycles. The van der Waals surface area contributed by atoms with Gasteiger partial charge in [0.25, 0.3) is 5.91 Å². The van der Waals surface area contributed by atoms with Gasteiger partial charge in [0.2, 0.25) is 10.0 Å². The van der Waals surface area contributed by atoms with Crippen molar-refractivity contribution in [3.05, 3.63) is 52.8 Å². The zero-order valence-corrected chi connectivity index (χ0v) is 23.7. The van der Waals surface area contributed by atoms with Gasteiger partial charge in [-0.25, -0.2) is 16.8 Å². The quantitative estimate of drug-likeness (QED) is 0.328. The summed E-state index contributed by atoms with van der Waals surface area (Å²) in [5.74, 6) is -0.528. The van der Waals surface area contributed by atoms with E-state index in [1.165, 1.54) is 54.1 Å². The average molecular weight is 570 g/mol. The number of carbonyl (C=O) groups excluding carboxylic acids is 1. The van der Waals surface area contributed by atoms with Crippen molar-refractivity contribution in [1.29, 1.82) is 0 Å². The van der Waals surface area contributed by atoms with E-state index in [0.29, 0.717) is 16.0 Å². The SMILES string of the molecule is CCCn1c(=NC(=O)c2ccc(S(=O)(=O)N(CCOC)CCOC)cc2)sc2cc(S(C)(=O)=O)ccc21. The molecule has 0 saturated carbocycles. The zero-order chi connectivity index (χ0) is 27.2. The van der Waals surface area contributed by atoms with E-state index in [1.807, 2.05) is 11.5 Å². The van der Waals surface area contributed by atoms with Crippen LogP contribution < -0.4 is 4.80 Å². The highest BCUT2D eigenvalue weighted by molar-refractivity contribution is 7.90. The molecule has 202 valence electrons. The Balaban J connectivity index is 1.95. The van der Waals surface area contributed by atoms with Crippen molar-refractivity contribution >= 4 is 47.3 Å². The number of thiazole rings is 1. The van der Waals surface area contributed by atoms with E-state index in [2.05, 4.69) is 4.99 Å². The van der Waals surface area contributed by atoms with Crippen LogP contribution in [-0.2, 0) is 35.9 Å². The predicted molar refractivity (Wildman–Crippen MR) is 142 cm³/mol. The summed E-state index contributed by atoms with van der Waals surface area (Å²) >= 11 is 1.23. The van der Waals surface area contributed by atoms with Gasteiger partial charge >= 0.3 is 0 Å². The molecule has 1 heterocycles. The van der Waals surface area contributed by atoms with Crippen molar-refractivity contribution in [2.45, 2.75) is 29.7 Å². The first-order valence-electron chi connectivity index (χ1n) is 11.5. The maximum atomic E-state index is 13.1. The lowest BCUT2D eigenvalue weighted by Crippen LogP contribution is -2.36. The Hall–Kier alpha value is -2.42. The Morgan fingerprint density at radius 3 is 2.11 bits per heavy atom. The van der Waals surface area contributed by atoms with Crippen molar-refractivity contribution < 1.29 is 31.1 Å². The molecule has 1 amide bonds. The predicted octanol–water partition coefficient (Wildman–Crippen LogP) is 2.54. The monoisotopic (exact) mass is 569 g/mol. The summed E-state index contributed by atoms with van der Waals surface area (Å²) in [6.45, 7) is 3.40. The summed E-state index contributed by atoms with van der Waals surface area (Å²) in [6.07, 6.45) is 1.94. The molecule has 0 saturated heterocycles. The lowest BCUT2D eigenvalue weighted by molar-refractivity contribution is 0.0997. The lowest BCUT2D eigenvalue weighted by Gasteiger charge is -2.21. The number of ether oxygens (including phenoxy) is 2. The van der Waals surface area contributed by atoms with Crippen LogP contribution in [0.25, 0.3) is 10.2 Å². The van der Waals surface area contributed by atoms with Crippen molar-refractivity contribution in [2.24, 2.45) is 4.99 Å². The number of methoxy groups -OCH3 is 2. The van der Waals surface area contributed by atoms with Crippen LogP contribution in [0, 0.1) is 0 Å². The Bertz CT molecular complexity index is 1520. The molecule has 0 radical (unpaired) electrons. The Kier molecular flexibility index (Phi) is 9.78. The highest BCUT2D eigenvalue weighted by Gasteiger charge is 2.24. The molecule has 2 aromatic carbocycles. The average Bonchev–Trinajstić information content (AvgIpc) is 3.19. The second-order valence-electron chi connectivity index (χ2n) is 8.27. The Labute approximate surface area is 221 Å². The van der Waals surface area contributed by atoms with Gasteiger partial charge in [-0.15, -0.1) is 0 Å². The van der Waals surface area contributed by atoms with Crippen LogP contribution in [0.4, 0.5) is 0 Å². The van der Waals surface area contributed by atoms with E-state index in [4.69, 9.17) is 9.47 Å². The number of nitrogens with zero attached hydrogens (tertiary/aromatic N) is 3. The molecule has 0 atom stereocenters. The minimum atomic E-state index is -3.81. The molecule has 0 N–H and O–H groups in total. The maximum Gasteiger partial charge on any atom is 0.279 e. The van der Waals surface area contributed by atoms with Gasteiger partial charge in [0.15, 0.2) is 14.6 Å². The van der Waals surface area contributed by atoms with Crippen molar-refractivity contribution in [3.63, 3.8) is 0 Å². The molecular formula is C24H31N3O7S3. The number of benzene rings is 2. The lowest BCUT2D eigenvalue weighted by atomic mass is 10.2. The first-order chi connectivity index (χ1) is 17.5. The number of aryl methyl sites for hydroxylation is 1. The van der Waals surface area contributed by atoms with Crippen LogP contribution in [0.5, 0.6) is 0 Å². The van der Waals surface area contributed by atoms with Gasteiger partial charge < -0.3 is 14.0 Å². The molecule has 13 heteroatoms. The van der Waals surface area contributed by atoms with Gasteiger partial charge in [0.1, 0.15) is 0 Å². The standard InChI is InChI=1S/C24H31N3O7S3/c1-5-12-27-21-11-10-20(36(4,29)30)17-22(21)35-24(27)25-23(28)18-6-8-19(9-7-18)37(31,32)26(13-15-33-2)14-16-34-3/h6-11,17H,5,12-16H2,1-4H3. The molecule has 0 unspecified atom stereocenters. The van der Waals surface area contributed by atoms with Crippen molar-refractivity contribution in [1.82, 2.24) is 8.87 Å². The van der Waals surface area contributed by atoms with E-state index in [9.17, 15) is 21.6 Å². The molecule has 3 rings (SSSR count). The molecule has 0 aliphatic carbocycles. The summed E-state index contributed by atoms with van der Waals surface area (Å²) in [6, 6.07) is 10.5. The van der Waals surface area contributed by atoms with Crippen LogP contribution >= 0.6 is 11.3 Å². The van der Waals surface area contributed by atoms with E-state index in [0.717, 1.165) is 18.2 Å². The van der Waals surface area contributed by atoms with E-state index < -0.39 is 25.8 Å². The maximum absolute atomic E-state index is 13.1. The van der Waals surface area contributed by atoms with Crippen LogP contribution in [0.1, 0.15) is 23.7 Å². The van der Waals surface area contributed by atoms with E-state index in [1.54, 1.807) is 18.2 Å². The minimum Gasteiger partial charge on any atom is -0.383 e. The van der Waals surface area contributed by atoms with Gasteiger partial charge in [-0.3, -0.25) is 4.79 Å². The highest BCUT2D eigenvalue weighted by Crippen LogP contribution is 2.22. The molecular weight excluding hydrogens is 538 g/mol. The second kappa shape index (κ2) is 12.4. The first kappa shape index (κ1) is 29.1. The van der Waals surface area contributed by atoms with Crippen LogP contribution in [-0.4, -0.2) is 78.4 Å². The normalized spacial score (nSPS) is 13.1. The largest absolute Gasteiger partial charge is 0.383 e. The molecule has 0 aliphatic rings. The third-order valence-corrected chi connectivity index (χ3v) is 9.62. The smallest absolute Gasteiger partial charge is 0.279 e. The summed E-state index contributed by atoms with van der Waals surface area (Å²) < 4.78 is 64.0. The highest BCUT2D eigenvalue weighted by atomic mass is 32.2. The number of fused-ring (bicyclic) bond motifs is 1. The van der Waals surface area contributed by atoms with Gasteiger partial charge in [-0.2, -0.15) is 9.30 Å². The second-order valence-corrected chi connectivity index (χ2v) is 13.2. The van der Waals surface area contributed by atoms with Crippen molar-refractivity contribution in [3.8, 4) is 0 Å². The first-order valence-corrected chi connectivity index (χ1v) is 15.7. The van der Waals surface area contributed by atoms with E-state index >= 15 is 0 Å². The summed E-state index contributed by atoms with van der Waals surface area (Å²) in [5.41, 5.74) is 1.02. The van der Waals surface area contributed by atoms with Crippen LogP contribution in [0.15, 0.2) is 57.2 Å². The van der Waals surface area contributed by atoms with Gasteiger partial charge in [0.05, 0.1) is 33.2 Å². The number of rotatable bonds is 12. The van der Waals surface area contributed by atoms with Crippen molar-refractivity contribution in [2.75, 3.05) is 46.8 Å². The number of carbonyl (C=O) groups is 1. The molecule has 37 heavy (non-hydrogen) atoms. The summed E-state index contributed by atoms with van der Waals surface area (Å²) in [5, 5.41) is 0. The minimum absolute atomic E-state index is 0.0486. The van der Waals surface area contributed by atoms with Gasteiger partial charge in [-0.05, 0) is 48.9 Å². The number of amides is 1. The topological polar surface area (TPSA) is 124 Å². The molecule has 10 nitrogen and oxygen atoms in total. The fourth-order valence-electron chi connectivity index (χ4n) is 3.62. The van der Waals surface area contributed by atoms with Crippen LogP contribution in [0.2, 0.25) is 0 Å². The summed E-state index contributed by atoms with van der Waals surface area (Å²) in [7, 11) is -4.20. The Morgan fingerprint density at radius 2 is 1.57 bits per heavy atom. The number of sulfone groups is 1. The van der Waals surface area contributed by atoms with E-state index in [-0.39, 0.29) is 41.7 Å². The Morgan fingerprint density at radius 1 is 0.973 bits per heavy atom. The number of aromatic nitrogens is 1. The molecule has 0 aliphatic heterocycles.